The molecule has 0 aromatic heterocycles. The van der Waals surface area contributed by atoms with E-state index in [1.54, 1.807) is 45.0 Å². The second-order valence-electron chi connectivity index (χ2n) is 4.48. The largest absolute Gasteiger partial charge is 0.481 e. The number of ketones is 1. The summed E-state index contributed by atoms with van der Waals surface area (Å²) in [6, 6.07) is 8.78. The molecule has 1 N–H and O–H groups in total. The van der Waals surface area contributed by atoms with Gasteiger partial charge in [-0.15, -0.1) is 0 Å². The quantitative estimate of drug-likeness (QED) is 0.793. The van der Waals surface area contributed by atoms with E-state index in [1.165, 1.54) is 0 Å². The summed E-state index contributed by atoms with van der Waals surface area (Å²) in [4.78, 5) is 23.1. The zero-order valence-electron chi connectivity index (χ0n) is 9.73. The molecule has 86 valence electrons. The highest BCUT2D eigenvalue weighted by atomic mass is 16.4. The Hall–Kier alpha value is -1.64. The van der Waals surface area contributed by atoms with E-state index >= 15 is 0 Å². The molecule has 0 aliphatic heterocycles. The van der Waals surface area contributed by atoms with Crippen LogP contribution in [0.3, 0.4) is 0 Å². The minimum Gasteiger partial charge on any atom is -0.481 e. The zero-order valence-corrected chi connectivity index (χ0v) is 9.73. The maximum Gasteiger partial charge on any atom is 0.309 e. The van der Waals surface area contributed by atoms with Gasteiger partial charge in [-0.3, -0.25) is 9.59 Å². The topological polar surface area (TPSA) is 54.4 Å². The first-order valence-corrected chi connectivity index (χ1v) is 5.20. The maximum atomic E-state index is 12.0. The van der Waals surface area contributed by atoms with Crippen LogP contribution in [0.4, 0.5) is 0 Å². The predicted molar refractivity (Wildman–Crippen MR) is 61.4 cm³/mol. The Kier molecular flexibility index (Phi) is 3.48. The van der Waals surface area contributed by atoms with Crippen molar-refractivity contribution in [2.45, 2.75) is 20.8 Å². The molecule has 0 aliphatic rings. The summed E-state index contributed by atoms with van der Waals surface area (Å²) in [5.41, 5.74) is -0.489. The summed E-state index contributed by atoms with van der Waals surface area (Å²) >= 11 is 0. The third-order valence-electron chi connectivity index (χ3n) is 3.09. The van der Waals surface area contributed by atoms with Crippen LogP contribution in [0.15, 0.2) is 30.3 Å². The van der Waals surface area contributed by atoms with Crippen LogP contribution in [-0.2, 0) is 4.79 Å². The van der Waals surface area contributed by atoms with Crippen molar-refractivity contribution < 1.29 is 14.7 Å². The summed E-state index contributed by atoms with van der Waals surface area (Å²) in [5, 5.41) is 9.06. The van der Waals surface area contributed by atoms with Crippen LogP contribution in [0, 0.1) is 11.3 Å². The van der Waals surface area contributed by atoms with Gasteiger partial charge >= 0.3 is 5.97 Å². The Morgan fingerprint density at radius 1 is 1.19 bits per heavy atom. The second kappa shape index (κ2) is 4.47. The fraction of sp³-hybridized carbons (Fsp3) is 0.385. The average molecular weight is 220 g/mol. The smallest absolute Gasteiger partial charge is 0.309 e. The normalized spacial score (nSPS) is 13.2. The minimum atomic E-state index is -1.05. The number of hydrogen-bond donors (Lipinski definition) is 1. The van der Waals surface area contributed by atoms with Crippen molar-refractivity contribution in [3.63, 3.8) is 0 Å². The van der Waals surface area contributed by atoms with Crippen LogP contribution < -0.4 is 0 Å². The Bertz CT molecular complexity index is 393. The lowest BCUT2D eigenvalue weighted by molar-refractivity contribution is -0.148. The number of carbonyl (C=O) groups excluding carboxylic acids is 1. The van der Waals surface area contributed by atoms with Crippen molar-refractivity contribution in [2.24, 2.45) is 11.3 Å². The third-order valence-corrected chi connectivity index (χ3v) is 3.09. The predicted octanol–water partition coefficient (Wildman–Crippen LogP) is 2.62. The van der Waals surface area contributed by atoms with Crippen LogP contribution in [0.5, 0.6) is 0 Å². The molecule has 1 aromatic carbocycles. The van der Waals surface area contributed by atoms with Crippen molar-refractivity contribution >= 4 is 11.8 Å². The van der Waals surface area contributed by atoms with Gasteiger partial charge in [0, 0.05) is 11.5 Å². The second-order valence-corrected chi connectivity index (χ2v) is 4.48. The molecular formula is C13H16O3. The fourth-order valence-electron chi connectivity index (χ4n) is 1.37. The lowest BCUT2D eigenvalue weighted by atomic mass is 9.76. The van der Waals surface area contributed by atoms with E-state index in [-0.39, 0.29) is 5.78 Å². The molecule has 0 saturated heterocycles. The standard InChI is InChI=1S/C13H16O3/c1-9(13(2,3)12(15)16)11(14)10-7-5-4-6-8-10/h4-9H,1-3H3,(H,15,16). The monoisotopic (exact) mass is 220 g/mol. The highest BCUT2D eigenvalue weighted by molar-refractivity contribution is 6.00. The van der Waals surface area contributed by atoms with Gasteiger partial charge in [0.15, 0.2) is 5.78 Å². The van der Waals surface area contributed by atoms with E-state index in [2.05, 4.69) is 0 Å². The van der Waals surface area contributed by atoms with Crippen LogP contribution in [0.2, 0.25) is 0 Å². The van der Waals surface area contributed by atoms with Crippen LogP contribution in [0.25, 0.3) is 0 Å². The number of carboxylic acids is 1. The molecule has 0 fully saturated rings. The molecule has 0 heterocycles. The van der Waals surface area contributed by atoms with Gasteiger partial charge in [0.2, 0.25) is 0 Å². The summed E-state index contributed by atoms with van der Waals surface area (Å²) in [6.45, 7) is 4.80. The molecule has 3 heteroatoms. The number of hydrogen-bond acceptors (Lipinski definition) is 2. The number of rotatable bonds is 4. The molecule has 1 rings (SSSR count). The highest BCUT2D eigenvalue weighted by Gasteiger charge is 2.38. The highest BCUT2D eigenvalue weighted by Crippen LogP contribution is 2.29. The van der Waals surface area contributed by atoms with Gasteiger partial charge in [0.25, 0.3) is 0 Å². The van der Waals surface area contributed by atoms with Gasteiger partial charge < -0.3 is 5.11 Å². The van der Waals surface area contributed by atoms with E-state index in [0.29, 0.717) is 5.56 Å². The number of aliphatic carboxylic acids is 1. The molecule has 1 aromatic rings. The molecule has 1 unspecified atom stereocenters. The van der Waals surface area contributed by atoms with Crippen molar-refractivity contribution in [1.29, 1.82) is 0 Å². The Morgan fingerprint density at radius 2 is 1.69 bits per heavy atom. The van der Waals surface area contributed by atoms with Crippen molar-refractivity contribution in [2.75, 3.05) is 0 Å². The van der Waals surface area contributed by atoms with E-state index in [9.17, 15) is 9.59 Å². The third kappa shape index (κ3) is 2.30. The number of carboxylic acid groups (broad SMARTS) is 1. The Morgan fingerprint density at radius 3 is 2.12 bits per heavy atom. The molecule has 1 atom stereocenters. The van der Waals surface area contributed by atoms with Crippen LogP contribution in [-0.4, -0.2) is 16.9 Å². The zero-order chi connectivity index (χ0) is 12.3. The Labute approximate surface area is 95.1 Å². The fourth-order valence-corrected chi connectivity index (χ4v) is 1.37. The molecule has 3 nitrogen and oxygen atoms in total. The molecule has 0 radical (unpaired) electrons. The molecule has 16 heavy (non-hydrogen) atoms. The van der Waals surface area contributed by atoms with E-state index in [0.717, 1.165) is 0 Å². The number of Topliss-reactive ketones (excluding diaryl/α,β-unsaturated/α-hetero) is 1. The minimum absolute atomic E-state index is 0.131. The van der Waals surface area contributed by atoms with Gasteiger partial charge in [-0.1, -0.05) is 37.3 Å². The summed E-state index contributed by atoms with van der Waals surface area (Å²) in [7, 11) is 0. The molecule has 0 saturated carbocycles. The van der Waals surface area contributed by atoms with Gasteiger partial charge in [-0.2, -0.15) is 0 Å². The maximum absolute atomic E-state index is 12.0. The van der Waals surface area contributed by atoms with Gasteiger partial charge in [0.05, 0.1) is 5.41 Å². The first-order chi connectivity index (χ1) is 7.37. The van der Waals surface area contributed by atoms with Crippen LogP contribution >= 0.6 is 0 Å². The van der Waals surface area contributed by atoms with E-state index < -0.39 is 17.3 Å². The van der Waals surface area contributed by atoms with Crippen molar-refractivity contribution in [3.8, 4) is 0 Å². The molecule has 0 amide bonds. The van der Waals surface area contributed by atoms with Gasteiger partial charge in [-0.05, 0) is 13.8 Å². The summed E-state index contributed by atoms with van der Waals surface area (Å²) in [5.74, 6) is -1.63. The average Bonchev–Trinajstić information content (AvgIpc) is 2.28. The summed E-state index contributed by atoms with van der Waals surface area (Å²) < 4.78 is 0. The number of benzene rings is 1. The van der Waals surface area contributed by atoms with Crippen LogP contribution in [0.1, 0.15) is 31.1 Å². The lowest BCUT2D eigenvalue weighted by Crippen LogP contribution is -2.35. The van der Waals surface area contributed by atoms with E-state index in [1.807, 2.05) is 6.07 Å². The lowest BCUT2D eigenvalue weighted by Gasteiger charge is -2.25. The molecule has 0 aliphatic carbocycles. The Balaban J connectivity index is 2.96. The SMILES string of the molecule is CC(C(=O)c1ccccc1)C(C)(C)C(=O)O. The van der Waals surface area contributed by atoms with Crippen molar-refractivity contribution in [3.05, 3.63) is 35.9 Å². The van der Waals surface area contributed by atoms with E-state index in [4.69, 9.17) is 5.11 Å². The molecule has 0 spiro atoms. The molecular weight excluding hydrogens is 204 g/mol. The van der Waals surface area contributed by atoms with Gasteiger partial charge in [-0.25, -0.2) is 0 Å². The number of carbonyl (C=O) groups is 2. The van der Waals surface area contributed by atoms with Crippen molar-refractivity contribution in [1.82, 2.24) is 0 Å². The van der Waals surface area contributed by atoms with Gasteiger partial charge in [0.1, 0.15) is 0 Å². The summed E-state index contributed by atoms with van der Waals surface area (Å²) in [6.07, 6.45) is 0. The first kappa shape index (κ1) is 12.4. The first-order valence-electron chi connectivity index (χ1n) is 5.20. The molecule has 0 bridgehead atoms.